The molecule has 14 heavy (non-hydrogen) atoms. The molecule has 2 N–H and O–H groups in total. The van der Waals surface area contributed by atoms with Crippen molar-refractivity contribution in [2.75, 3.05) is 12.3 Å². The Hall–Kier alpha value is -0.220. The fourth-order valence-corrected chi connectivity index (χ4v) is 1.39. The number of anilines is 1. The monoisotopic (exact) mass is 321 g/mol. The van der Waals surface area contributed by atoms with Crippen molar-refractivity contribution in [3.63, 3.8) is 0 Å². The Morgan fingerprint density at radius 1 is 1.50 bits per heavy atom. The molecule has 1 atom stereocenters. The summed E-state index contributed by atoms with van der Waals surface area (Å²) in [6.07, 6.45) is 1.05. The predicted octanol–water partition coefficient (Wildman–Crippen LogP) is 3.58. The number of nitrogen functional groups attached to an aromatic ring is 1. The maximum absolute atomic E-state index is 5.66. The maximum Gasteiger partial charge on any atom is 0.120 e. The van der Waals surface area contributed by atoms with Crippen LogP contribution in [0.15, 0.2) is 22.7 Å². The van der Waals surface area contributed by atoms with Crippen LogP contribution in [0.4, 0.5) is 5.69 Å². The van der Waals surface area contributed by atoms with Gasteiger partial charge in [0.15, 0.2) is 0 Å². The van der Waals surface area contributed by atoms with Gasteiger partial charge >= 0.3 is 0 Å². The fourth-order valence-electron chi connectivity index (χ4n) is 0.902. The summed E-state index contributed by atoms with van der Waals surface area (Å²) in [6.45, 7) is 2.79. The van der Waals surface area contributed by atoms with Crippen molar-refractivity contribution in [3.05, 3.63) is 22.7 Å². The van der Waals surface area contributed by atoms with E-state index in [-0.39, 0.29) is 0 Å². The summed E-state index contributed by atoms with van der Waals surface area (Å²) >= 11 is 6.86. The van der Waals surface area contributed by atoms with Gasteiger partial charge in [-0.05, 0) is 40.5 Å². The Bertz CT molecular complexity index is 304. The van der Waals surface area contributed by atoms with Gasteiger partial charge in [0.25, 0.3) is 0 Å². The van der Waals surface area contributed by atoms with Gasteiger partial charge in [0.1, 0.15) is 12.4 Å². The molecule has 0 aromatic heterocycles. The SMILES string of the molecule is CCC(Br)COc1ccc(N)c(Br)c1. The van der Waals surface area contributed by atoms with Gasteiger partial charge in [0.05, 0.1) is 0 Å². The van der Waals surface area contributed by atoms with E-state index < -0.39 is 0 Å². The Morgan fingerprint density at radius 2 is 2.21 bits per heavy atom. The van der Waals surface area contributed by atoms with E-state index in [4.69, 9.17) is 10.5 Å². The second kappa shape index (κ2) is 5.61. The Balaban J connectivity index is 2.55. The molecule has 1 aromatic rings. The summed E-state index contributed by atoms with van der Waals surface area (Å²) < 4.78 is 6.43. The lowest BCUT2D eigenvalue weighted by Crippen LogP contribution is -2.09. The smallest absolute Gasteiger partial charge is 0.120 e. The molecular weight excluding hydrogens is 310 g/mol. The number of alkyl halides is 1. The van der Waals surface area contributed by atoms with Gasteiger partial charge < -0.3 is 10.5 Å². The van der Waals surface area contributed by atoms with E-state index in [0.717, 1.165) is 22.3 Å². The van der Waals surface area contributed by atoms with Crippen molar-refractivity contribution >= 4 is 37.5 Å². The number of ether oxygens (including phenoxy) is 1. The summed E-state index contributed by atoms with van der Waals surface area (Å²) in [5, 5.41) is 0. The minimum absolute atomic E-state index is 0.402. The van der Waals surface area contributed by atoms with Gasteiger partial charge in [-0.2, -0.15) is 0 Å². The molecule has 0 radical (unpaired) electrons. The van der Waals surface area contributed by atoms with Crippen LogP contribution in [-0.4, -0.2) is 11.4 Å². The first kappa shape index (κ1) is 11.9. The van der Waals surface area contributed by atoms with Crippen LogP contribution in [0.2, 0.25) is 0 Å². The zero-order chi connectivity index (χ0) is 10.6. The maximum atomic E-state index is 5.66. The van der Waals surface area contributed by atoms with E-state index in [1.54, 1.807) is 0 Å². The zero-order valence-corrected chi connectivity index (χ0v) is 11.1. The lowest BCUT2D eigenvalue weighted by molar-refractivity contribution is 0.317. The fraction of sp³-hybridized carbons (Fsp3) is 0.400. The van der Waals surface area contributed by atoms with E-state index in [9.17, 15) is 0 Å². The molecule has 0 aliphatic carbocycles. The zero-order valence-electron chi connectivity index (χ0n) is 7.97. The molecule has 0 heterocycles. The summed E-state index contributed by atoms with van der Waals surface area (Å²) in [6, 6.07) is 5.58. The van der Waals surface area contributed by atoms with E-state index in [2.05, 4.69) is 38.8 Å². The molecule has 0 aliphatic rings. The van der Waals surface area contributed by atoms with Crippen molar-refractivity contribution in [3.8, 4) is 5.75 Å². The number of nitrogens with two attached hydrogens (primary N) is 1. The molecule has 0 fully saturated rings. The highest BCUT2D eigenvalue weighted by Crippen LogP contribution is 2.25. The minimum atomic E-state index is 0.402. The molecule has 78 valence electrons. The summed E-state index contributed by atoms with van der Waals surface area (Å²) in [5.74, 6) is 0.837. The third-order valence-electron chi connectivity index (χ3n) is 1.85. The van der Waals surface area contributed by atoms with Crippen molar-refractivity contribution in [2.45, 2.75) is 18.2 Å². The Kier molecular flexibility index (Phi) is 4.75. The molecule has 1 aromatic carbocycles. The third kappa shape index (κ3) is 3.50. The molecule has 0 aliphatic heterocycles. The lowest BCUT2D eigenvalue weighted by Gasteiger charge is -2.10. The largest absolute Gasteiger partial charge is 0.492 e. The summed E-state index contributed by atoms with van der Waals surface area (Å²) in [7, 11) is 0. The number of halogens is 2. The van der Waals surface area contributed by atoms with Gasteiger partial charge in [0.2, 0.25) is 0 Å². The number of benzene rings is 1. The minimum Gasteiger partial charge on any atom is -0.492 e. The first-order valence-electron chi connectivity index (χ1n) is 4.45. The van der Waals surface area contributed by atoms with Crippen LogP contribution in [-0.2, 0) is 0 Å². The van der Waals surface area contributed by atoms with Crippen molar-refractivity contribution < 1.29 is 4.74 Å². The van der Waals surface area contributed by atoms with Crippen LogP contribution < -0.4 is 10.5 Å². The van der Waals surface area contributed by atoms with Gasteiger partial charge in [-0.25, -0.2) is 0 Å². The summed E-state index contributed by atoms with van der Waals surface area (Å²) in [5.41, 5.74) is 6.38. The van der Waals surface area contributed by atoms with Gasteiger partial charge in [-0.1, -0.05) is 22.9 Å². The van der Waals surface area contributed by atoms with Gasteiger partial charge in [0, 0.05) is 15.0 Å². The second-order valence-corrected chi connectivity index (χ2v) is 5.15. The van der Waals surface area contributed by atoms with Crippen molar-refractivity contribution in [1.82, 2.24) is 0 Å². The van der Waals surface area contributed by atoms with Crippen LogP contribution in [0, 0.1) is 0 Å². The number of hydrogen-bond acceptors (Lipinski definition) is 2. The van der Waals surface area contributed by atoms with Crippen LogP contribution in [0.5, 0.6) is 5.75 Å². The number of rotatable bonds is 4. The highest BCUT2D eigenvalue weighted by atomic mass is 79.9. The van der Waals surface area contributed by atoms with E-state index in [0.29, 0.717) is 11.4 Å². The van der Waals surface area contributed by atoms with Crippen LogP contribution in [0.1, 0.15) is 13.3 Å². The lowest BCUT2D eigenvalue weighted by atomic mass is 10.3. The molecule has 0 saturated heterocycles. The first-order chi connectivity index (χ1) is 6.63. The Morgan fingerprint density at radius 3 is 2.79 bits per heavy atom. The molecule has 4 heteroatoms. The Labute approximate surface area is 101 Å². The average Bonchev–Trinajstić information content (AvgIpc) is 2.19. The van der Waals surface area contributed by atoms with Gasteiger partial charge in [-0.3, -0.25) is 0 Å². The van der Waals surface area contributed by atoms with Crippen LogP contribution >= 0.6 is 31.9 Å². The molecule has 0 amide bonds. The molecule has 2 nitrogen and oxygen atoms in total. The number of hydrogen-bond donors (Lipinski definition) is 1. The predicted molar refractivity (Wildman–Crippen MR) is 67.1 cm³/mol. The van der Waals surface area contributed by atoms with Crippen LogP contribution in [0.3, 0.4) is 0 Å². The highest BCUT2D eigenvalue weighted by molar-refractivity contribution is 9.10. The molecular formula is C10H13Br2NO. The van der Waals surface area contributed by atoms with E-state index in [1.807, 2.05) is 18.2 Å². The molecule has 0 bridgehead atoms. The van der Waals surface area contributed by atoms with E-state index in [1.165, 1.54) is 0 Å². The topological polar surface area (TPSA) is 35.2 Å². The van der Waals surface area contributed by atoms with Crippen LogP contribution in [0.25, 0.3) is 0 Å². The standard InChI is InChI=1S/C10H13Br2NO/c1-2-7(11)6-14-8-3-4-10(13)9(12)5-8/h3-5,7H,2,6,13H2,1H3. The second-order valence-electron chi connectivity index (χ2n) is 3.00. The quantitative estimate of drug-likeness (QED) is 0.679. The molecule has 1 rings (SSSR count). The normalized spacial score (nSPS) is 12.5. The summed E-state index contributed by atoms with van der Waals surface area (Å²) in [4.78, 5) is 0.402. The molecule has 1 unspecified atom stereocenters. The van der Waals surface area contributed by atoms with Crippen molar-refractivity contribution in [2.24, 2.45) is 0 Å². The van der Waals surface area contributed by atoms with Gasteiger partial charge in [-0.15, -0.1) is 0 Å². The van der Waals surface area contributed by atoms with Crippen molar-refractivity contribution in [1.29, 1.82) is 0 Å². The van der Waals surface area contributed by atoms with E-state index >= 15 is 0 Å². The first-order valence-corrected chi connectivity index (χ1v) is 6.16. The average molecular weight is 323 g/mol. The molecule has 0 spiro atoms. The highest BCUT2D eigenvalue weighted by Gasteiger charge is 2.03. The third-order valence-corrected chi connectivity index (χ3v) is 3.44. The molecule has 0 saturated carbocycles.